The number of hydrogen-bond acceptors (Lipinski definition) is 4. The zero-order valence-electron chi connectivity index (χ0n) is 12.7. The number of piperidine rings is 1. The number of alkyl halides is 2. The standard InChI is InChI=1S/C16H15F2N3O2S/c1-2-14(22)21-7-6-16(17,18)13(8-21)19-15(23)10-4-3-5-12-11(10)9-24-20-12/h2-5,9,13H,1,6-8H2,(H,19,23)/t13-/m1/s1. The molecule has 126 valence electrons. The number of fused-ring (bicyclic) bond motifs is 1. The molecule has 1 N–H and O–H groups in total. The molecule has 5 nitrogen and oxygen atoms in total. The van der Waals surface area contributed by atoms with E-state index in [1.807, 2.05) is 0 Å². The van der Waals surface area contributed by atoms with Crippen molar-refractivity contribution in [1.29, 1.82) is 0 Å². The van der Waals surface area contributed by atoms with Crippen molar-refractivity contribution < 1.29 is 18.4 Å². The second kappa shape index (κ2) is 6.27. The molecule has 0 bridgehead atoms. The second-order valence-electron chi connectivity index (χ2n) is 5.58. The fraction of sp³-hybridized carbons (Fsp3) is 0.312. The van der Waals surface area contributed by atoms with Gasteiger partial charge < -0.3 is 10.2 Å². The molecule has 0 saturated carbocycles. The van der Waals surface area contributed by atoms with Gasteiger partial charge in [-0.2, -0.15) is 4.37 Å². The average molecular weight is 351 g/mol. The Morgan fingerprint density at radius 1 is 1.46 bits per heavy atom. The van der Waals surface area contributed by atoms with Crippen LogP contribution in [-0.4, -0.2) is 46.1 Å². The molecule has 2 heterocycles. The van der Waals surface area contributed by atoms with Gasteiger partial charge in [-0.15, -0.1) is 0 Å². The van der Waals surface area contributed by atoms with Crippen LogP contribution in [0.1, 0.15) is 16.8 Å². The largest absolute Gasteiger partial charge is 0.341 e. The zero-order chi connectivity index (χ0) is 17.3. The number of likely N-dealkylation sites (tertiary alicyclic amines) is 1. The molecule has 1 aliphatic heterocycles. The lowest BCUT2D eigenvalue weighted by Crippen LogP contribution is -2.59. The Bertz CT molecular complexity index is 805. The number of halogens is 2. The van der Waals surface area contributed by atoms with Crippen LogP contribution in [0.4, 0.5) is 8.78 Å². The van der Waals surface area contributed by atoms with Crippen molar-refractivity contribution in [3.8, 4) is 0 Å². The molecular weight excluding hydrogens is 336 g/mol. The smallest absolute Gasteiger partial charge is 0.271 e. The lowest BCUT2D eigenvalue weighted by molar-refractivity contribution is -0.135. The molecule has 0 spiro atoms. The van der Waals surface area contributed by atoms with Gasteiger partial charge in [-0.25, -0.2) is 8.78 Å². The molecule has 1 aromatic carbocycles. The number of amides is 2. The molecule has 0 aliphatic carbocycles. The summed E-state index contributed by atoms with van der Waals surface area (Å²) in [5, 5.41) is 4.70. The summed E-state index contributed by atoms with van der Waals surface area (Å²) in [6.07, 6.45) is 0.585. The van der Waals surface area contributed by atoms with Gasteiger partial charge in [0, 0.05) is 35.8 Å². The molecule has 2 aromatic rings. The van der Waals surface area contributed by atoms with Gasteiger partial charge in [0.15, 0.2) is 0 Å². The Labute approximate surface area is 141 Å². The summed E-state index contributed by atoms with van der Waals surface area (Å²) in [5.74, 6) is -4.10. The number of carbonyl (C=O) groups excluding carboxylic acids is 2. The first-order valence-corrected chi connectivity index (χ1v) is 8.19. The van der Waals surface area contributed by atoms with E-state index < -0.39 is 30.2 Å². The van der Waals surface area contributed by atoms with Crippen LogP contribution in [0.3, 0.4) is 0 Å². The summed E-state index contributed by atoms with van der Waals surface area (Å²) < 4.78 is 32.4. The topological polar surface area (TPSA) is 62.3 Å². The lowest BCUT2D eigenvalue weighted by Gasteiger charge is -2.38. The number of nitrogens with one attached hydrogen (secondary N) is 1. The van der Waals surface area contributed by atoms with Gasteiger partial charge in [0.1, 0.15) is 6.04 Å². The molecule has 1 fully saturated rings. The first kappa shape index (κ1) is 16.5. The highest BCUT2D eigenvalue weighted by Gasteiger charge is 2.45. The minimum atomic E-state index is -3.07. The molecule has 24 heavy (non-hydrogen) atoms. The van der Waals surface area contributed by atoms with Gasteiger partial charge >= 0.3 is 0 Å². The van der Waals surface area contributed by atoms with Gasteiger partial charge in [0.25, 0.3) is 11.8 Å². The maximum absolute atomic E-state index is 14.2. The highest BCUT2D eigenvalue weighted by molar-refractivity contribution is 7.04. The normalized spacial score (nSPS) is 19.9. The lowest BCUT2D eigenvalue weighted by atomic mass is 10.00. The van der Waals surface area contributed by atoms with Gasteiger partial charge in [0.05, 0.1) is 5.52 Å². The summed E-state index contributed by atoms with van der Waals surface area (Å²) in [6.45, 7) is 3.05. The Kier molecular flexibility index (Phi) is 4.31. The van der Waals surface area contributed by atoms with Crippen LogP contribution in [0.5, 0.6) is 0 Å². The van der Waals surface area contributed by atoms with Gasteiger partial charge in [0.2, 0.25) is 5.91 Å². The van der Waals surface area contributed by atoms with E-state index >= 15 is 0 Å². The van der Waals surface area contributed by atoms with Crippen molar-refractivity contribution in [3.63, 3.8) is 0 Å². The van der Waals surface area contributed by atoms with Crippen LogP contribution in [0, 0.1) is 0 Å². The van der Waals surface area contributed by atoms with E-state index in [0.717, 1.165) is 6.08 Å². The second-order valence-corrected chi connectivity index (χ2v) is 6.21. The zero-order valence-corrected chi connectivity index (χ0v) is 13.5. The molecule has 0 radical (unpaired) electrons. The fourth-order valence-electron chi connectivity index (χ4n) is 2.71. The van der Waals surface area contributed by atoms with Crippen molar-refractivity contribution in [2.75, 3.05) is 13.1 Å². The highest BCUT2D eigenvalue weighted by Crippen LogP contribution is 2.29. The van der Waals surface area contributed by atoms with Gasteiger partial charge in [-0.05, 0) is 29.7 Å². The van der Waals surface area contributed by atoms with E-state index in [4.69, 9.17) is 0 Å². The van der Waals surface area contributed by atoms with E-state index in [2.05, 4.69) is 16.3 Å². The third-order valence-corrected chi connectivity index (χ3v) is 4.71. The van der Waals surface area contributed by atoms with E-state index in [0.29, 0.717) is 16.5 Å². The fourth-order valence-corrected chi connectivity index (χ4v) is 3.39. The van der Waals surface area contributed by atoms with E-state index in [1.165, 1.54) is 16.4 Å². The van der Waals surface area contributed by atoms with E-state index in [-0.39, 0.29) is 13.1 Å². The number of aromatic nitrogens is 1. The number of hydrogen-bond donors (Lipinski definition) is 1. The van der Waals surface area contributed by atoms with Crippen LogP contribution < -0.4 is 5.32 Å². The molecule has 2 amide bonds. The van der Waals surface area contributed by atoms with Crippen LogP contribution in [0.2, 0.25) is 0 Å². The summed E-state index contributed by atoms with van der Waals surface area (Å²) in [6, 6.07) is 3.54. The Hall–Kier alpha value is -2.35. The predicted octanol–water partition coefficient (Wildman–Crippen LogP) is 2.45. The van der Waals surface area contributed by atoms with Crippen molar-refractivity contribution in [2.24, 2.45) is 0 Å². The third-order valence-electron chi connectivity index (χ3n) is 4.07. The quantitative estimate of drug-likeness (QED) is 0.864. The minimum absolute atomic E-state index is 0.0613. The SMILES string of the molecule is C=CC(=O)N1CCC(F)(F)[C@H](NC(=O)c2cccc3nscc23)C1. The molecule has 3 rings (SSSR count). The van der Waals surface area contributed by atoms with Crippen LogP contribution in [-0.2, 0) is 4.79 Å². The van der Waals surface area contributed by atoms with Crippen LogP contribution >= 0.6 is 11.5 Å². The minimum Gasteiger partial charge on any atom is -0.341 e. The molecule has 8 heteroatoms. The maximum Gasteiger partial charge on any atom is 0.271 e. The van der Waals surface area contributed by atoms with Gasteiger partial charge in [-0.3, -0.25) is 9.59 Å². The summed E-state index contributed by atoms with van der Waals surface area (Å²) in [5.41, 5.74) is 0.940. The first-order valence-electron chi connectivity index (χ1n) is 7.35. The van der Waals surface area contributed by atoms with Crippen molar-refractivity contribution in [3.05, 3.63) is 41.8 Å². The molecular formula is C16H15F2N3O2S. The first-order chi connectivity index (χ1) is 11.4. The molecule has 1 aliphatic rings. The van der Waals surface area contributed by atoms with Crippen molar-refractivity contribution >= 4 is 34.2 Å². The van der Waals surface area contributed by atoms with Crippen LogP contribution in [0.15, 0.2) is 36.2 Å². The molecule has 0 unspecified atom stereocenters. The Morgan fingerprint density at radius 3 is 3.00 bits per heavy atom. The number of rotatable bonds is 3. The third kappa shape index (κ3) is 3.01. The number of benzene rings is 1. The Balaban J connectivity index is 1.82. The number of carbonyl (C=O) groups is 2. The van der Waals surface area contributed by atoms with E-state index in [9.17, 15) is 18.4 Å². The Morgan fingerprint density at radius 2 is 2.25 bits per heavy atom. The summed E-state index contributed by atoms with van der Waals surface area (Å²) >= 11 is 1.20. The van der Waals surface area contributed by atoms with Gasteiger partial charge in [-0.1, -0.05) is 12.6 Å². The molecule has 1 aromatic heterocycles. The molecule has 1 atom stereocenters. The number of nitrogens with zero attached hydrogens (tertiary/aromatic N) is 2. The highest BCUT2D eigenvalue weighted by atomic mass is 32.1. The monoisotopic (exact) mass is 351 g/mol. The summed E-state index contributed by atoms with van der Waals surface area (Å²) in [4.78, 5) is 25.4. The summed E-state index contributed by atoms with van der Waals surface area (Å²) in [7, 11) is 0. The molecule has 1 saturated heterocycles. The van der Waals surface area contributed by atoms with E-state index in [1.54, 1.807) is 23.6 Å². The average Bonchev–Trinajstić information content (AvgIpc) is 3.04. The maximum atomic E-state index is 14.2. The predicted molar refractivity (Wildman–Crippen MR) is 87.2 cm³/mol. The van der Waals surface area contributed by atoms with Crippen molar-refractivity contribution in [2.45, 2.75) is 18.4 Å². The van der Waals surface area contributed by atoms with Crippen LogP contribution in [0.25, 0.3) is 10.9 Å². The van der Waals surface area contributed by atoms with Crippen molar-refractivity contribution in [1.82, 2.24) is 14.6 Å².